The maximum absolute atomic E-state index is 6.05. The Kier molecular flexibility index (Phi) is 3.71. The van der Waals surface area contributed by atoms with Crippen molar-refractivity contribution >= 4 is 11.6 Å². The second-order valence-corrected chi connectivity index (χ2v) is 6.66. The molecule has 5 heteroatoms. The molecule has 0 radical (unpaired) electrons. The minimum absolute atomic E-state index is 0.122. The summed E-state index contributed by atoms with van der Waals surface area (Å²) in [4.78, 5) is 0. The van der Waals surface area contributed by atoms with Crippen molar-refractivity contribution < 1.29 is 0 Å². The van der Waals surface area contributed by atoms with Gasteiger partial charge in [-0.2, -0.15) is 4.68 Å². The summed E-state index contributed by atoms with van der Waals surface area (Å²) in [6, 6.07) is 15.8. The van der Waals surface area contributed by atoms with E-state index in [0.717, 1.165) is 11.3 Å². The van der Waals surface area contributed by atoms with Gasteiger partial charge in [-0.15, -0.1) is 5.10 Å². The summed E-state index contributed by atoms with van der Waals surface area (Å²) in [6.07, 6.45) is 0. The number of halogens is 1. The zero-order valence-electron chi connectivity index (χ0n) is 12.8. The summed E-state index contributed by atoms with van der Waals surface area (Å²) in [6.45, 7) is 6.58. The van der Waals surface area contributed by atoms with Crippen molar-refractivity contribution in [3.05, 3.63) is 59.1 Å². The maximum atomic E-state index is 6.05. The first-order valence-electron chi connectivity index (χ1n) is 7.10. The van der Waals surface area contributed by atoms with E-state index < -0.39 is 0 Å². The molecule has 112 valence electrons. The standard InChI is InChI=1S/C17H17ClN4/c1-17(2,3)13-9-7-12(8-10-13)16-19-20-21-22(16)15-6-4-5-14(18)11-15/h4-11H,1-3H3. The average Bonchev–Trinajstić information content (AvgIpc) is 2.96. The molecule has 0 N–H and O–H groups in total. The molecule has 0 saturated carbocycles. The van der Waals surface area contributed by atoms with E-state index >= 15 is 0 Å². The van der Waals surface area contributed by atoms with Gasteiger partial charge in [0.1, 0.15) is 0 Å². The van der Waals surface area contributed by atoms with Crippen LogP contribution >= 0.6 is 11.6 Å². The van der Waals surface area contributed by atoms with E-state index in [1.807, 2.05) is 36.4 Å². The second kappa shape index (κ2) is 5.54. The fraction of sp³-hybridized carbons (Fsp3) is 0.235. The van der Waals surface area contributed by atoms with Gasteiger partial charge in [-0.3, -0.25) is 0 Å². The first-order chi connectivity index (χ1) is 10.4. The summed E-state index contributed by atoms with van der Waals surface area (Å²) in [5, 5.41) is 12.7. The van der Waals surface area contributed by atoms with Gasteiger partial charge in [0.25, 0.3) is 0 Å². The zero-order chi connectivity index (χ0) is 15.7. The van der Waals surface area contributed by atoms with Crippen molar-refractivity contribution in [1.82, 2.24) is 20.2 Å². The minimum atomic E-state index is 0.122. The molecule has 1 aromatic heterocycles. The van der Waals surface area contributed by atoms with Gasteiger partial charge in [0.15, 0.2) is 5.82 Å². The molecular weight excluding hydrogens is 296 g/mol. The van der Waals surface area contributed by atoms with Gasteiger partial charge >= 0.3 is 0 Å². The summed E-state index contributed by atoms with van der Waals surface area (Å²) in [5.41, 5.74) is 3.21. The Hall–Kier alpha value is -2.20. The molecule has 1 heterocycles. The van der Waals surface area contributed by atoms with E-state index in [-0.39, 0.29) is 5.41 Å². The van der Waals surface area contributed by atoms with Crippen LogP contribution in [0.1, 0.15) is 26.3 Å². The minimum Gasteiger partial charge on any atom is -0.193 e. The van der Waals surface area contributed by atoms with Crippen LogP contribution in [0.5, 0.6) is 0 Å². The highest BCUT2D eigenvalue weighted by Crippen LogP contribution is 2.26. The predicted molar refractivity (Wildman–Crippen MR) is 88.3 cm³/mol. The number of nitrogens with zero attached hydrogens (tertiary/aromatic N) is 4. The van der Waals surface area contributed by atoms with Crippen LogP contribution in [-0.4, -0.2) is 20.2 Å². The Labute approximate surface area is 134 Å². The molecule has 0 unspecified atom stereocenters. The first kappa shape index (κ1) is 14.7. The van der Waals surface area contributed by atoms with Crippen LogP contribution in [0.4, 0.5) is 0 Å². The van der Waals surface area contributed by atoms with Crippen LogP contribution in [0.25, 0.3) is 17.1 Å². The fourth-order valence-corrected chi connectivity index (χ4v) is 2.45. The Morgan fingerprint density at radius 2 is 1.73 bits per heavy atom. The molecule has 0 spiro atoms. The third-order valence-corrected chi connectivity index (χ3v) is 3.77. The van der Waals surface area contributed by atoms with Gasteiger partial charge in [-0.05, 0) is 39.6 Å². The second-order valence-electron chi connectivity index (χ2n) is 6.22. The molecule has 0 saturated heterocycles. The van der Waals surface area contributed by atoms with E-state index in [4.69, 9.17) is 11.6 Å². The van der Waals surface area contributed by atoms with Crippen LogP contribution in [0.3, 0.4) is 0 Å². The topological polar surface area (TPSA) is 43.6 Å². The highest BCUT2D eigenvalue weighted by atomic mass is 35.5. The average molecular weight is 313 g/mol. The lowest BCUT2D eigenvalue weighted by Crippen LogP contribution is -2.10. The zero-order valence-corrected chi connectivity index (χ0v) is 13.5. The highest BCUT2D eigenvalue weighted by Gasteiger charge is 2.15. The van der Waals surface area contributed by atoms with Crippen molar-refractivity contribution in [3.8, 4) is 17.1 Å². The van der Waals surface area contributed by atoms with Crippen molar-refractivity contribution in [3.63, 3.8) is 0 Å². The third kappa shape index (κ3) is 2.88. The maximum Gasteiger partial charge on any atom is 0.187 e. The molecule has 4 nitrogen and oxygen atoms in total. The molecular formula is C17H17ClN4. The van der Waals surface area contributed by atoms with E-state index in [1.54, 1.807) is 4.68 Å². The van der Waals surface area contributed by atoms with Crippen LogP contribution in [0.15, 0.2) is 48.5 Å². The van der Waals surface area contributed by atoms with Crippen LogP contribution in [-0.2, 0) is 5.41 Å². The number of hydrogen-bond donors (Lipinski definition) is 0. The summed E-state index contributed by atoms with van der Waals surface area (Å²) in [7, 11) is 0. The molecule has 0 fully saturated rings. The van der Waals surface area contributed by atoms with Crippen molar-refractivity contribution in [2.45, 2.75) is 26.2 Å². The number of aromatic nitrogens is 4. The Balaban J connectivity index is 2.02. The Morgan fingerprint density at radius 1 is 1.00 bits per heavy atom. The smallest absolute Gasteiger partial charge is 0.187 e. The van der Waals surface area contributed by atoms with Gasteiger partial charge in [0, 0.05) is 10.6 Å². The van der Waals surface area contributed by atoms with Crippen molar-refractivity contribution in [1.29, 1.82) is 0 Å². The van der Waals surface area contributed by atoms with Crippen LogP contribution < -0.4 is 0 Å². The summed E-state index contributed by atoms with van der Waals surface area (Å²) >= 11 is 6.05. The SMILES string of the molecule is CC(C)(C)c1ccc(-c2nnnn2-c2cccc(Cl)c2)cc1. The number of benzene rings is 2. The Bertz CT molecular complexity index is 785. The summed E-state index contributed by atoms with van der Waals surface area (Å²) in [5.74, 6) is 0.697. The molecule has 0 amide bonds. The van der Waals surface area contributed by atoms with E-state index in [1.165, 1.54) is 5.56 Å². The number of rotatable bonds is 2. The molecule has 0 aliphatic heterocycles. The molecule has 22 heavy (non-hydrogen) atoms. The van der Waals surface area contributed by atoms with E-state index in [9.17, 15) is 0 Å². The third-order valence-electron chi connectivity index (χ3n) is 3.53. The van der Waals surface area contributed by atoms with Gasteiger partial charge in [0.2, 0.25) is 0 Å². The number of tetrazole rings is 1. The van der Waals surface area contributed by atoms with Crippen LogP contribution in [0, 0.1) is 0 Å². The lowest BCUT2D eigenvalue weighted by Gasteiger charge is -2.19. The number of hydrogen-bond acceptors (Lipinski definition) is 3. The van der Waals surface area contributed by atoms with E-state index in [2.05, 4.69) is 48.4 Å². The molecule has 3 rings (SSSR count). The quantitative estimate of drug-likeness (QED) is 0.709. The van der Waals surface area contributed by atoms with Gasteiger partial charge in [-0.25, -0.2) is 0 Å². The lowest BCUT2D eigenvalue weighted by molar-refractivity contribution is 0.590. The van der Waals surface area contributed by atoms with Gasteiger partial charge in [-0.1, -0.05) is 62.7 Å². The normalized spacial score (nSPS) is 11.6. The first-order valence-corrected chi connectivity index (χ1v) is 7.48. The van der Waals surface area contributed by atoms with Crippen molar-refractivity contribution in [2.24, 2.45) is 0 Å². The monoisotopic (exact) mass is 312 g/mol. The van der Waals surface area contributed by atoms with Crippen molar-refractivity contribution in [2.75, 3.05) is 0 Å². The Morgan fingerprint density at radius 3 is 2.36 bits per heavy atom. The molecule has 2 aromatic carbocycles. The van der Waals surface area contributed by atoms with Crippen LogP contribution in [0.2, 0.25) is 5.02 Å². The molecule has 0 aliphatic carbocycles. The summed E-state index contributed by atoms with van der Waals surface area (Å²) < 4.78 is 1.69. The predicted octanol–water partition coefficient (Wildman–Crippen LogP) is 4.28. The molecule has 0 bridgehead atoms. The lowest BCUT2D eigenvalue weighted by atomic mass is 9.87. The highest BCUT2D eigenvalue weighted by molar-refractivity contribution is 6.30. The van der Waals surface area contributed by atoms with E-state index in [0.29, 0.717) is 10.8 Å². The molecule has 3 aromatic rings. The van der Waals surface area contributed by atoms with Gasteiger partial charge in [0.05, 0.1) is 5.69 Å². The molecule has 0 atom stereocenters. The fourth-order valence-electron chi connectivity index (χ4n) is 2.27. The largest absolute Gasteiger partial charge is 0.193 e. The van der Waals surface area contributed by atoms with Gasteiger partial charge < -0.3 is 0 Å². The molecule has 0 aliphatic rings.